The fourth-order valence-corrected chi connectivity index (χ4v) is 31.7. The van der Waals surface area contributed by atoms with Crippen LogP contribution < -0.4 is 9.80 Å². The first-order valence-electron chi connectivity index (χ1n) is 23.3. The molecule has 60 heavy (non-hydrogen) atoms. The van der Waals surface area contributed by atoms with Crippen molar-refractivity contribution in [1.82, 2.24) is 0 Å². The van der Waals surface area contributed by atoms with E-state index in [4.69, 9.17) is 0 Å². The molecule has 7 rings (SSSR count). The third-order valence-corrected chi connectivity index (χ3v) is 30.2. The molecule has 2 saturated heterocycles. The van der Waals surface area contributed by atoms with Crippen molar-refractivity contribution in [2.45, 2.75) is 168 Å². The van der Waals surface area contributed by atoms with Crippen molar-refractivity contribution in [3.63, 3.8) is 0 Å². The topological polar surface area (TPSA) is 6.48 Å². The van der Waals surface area contributed by atoms with E-state index < -0.39 is 11.2 Å². The van der Waals surface area contributed by atoms with Crippen molar-refractivity contribution in [2.75, 3.05) is 9.80 Å². The Morgan fingerprint density at radius 3 is 1.25 bits per heavy atom. The van der Waals surface area contributed by atoms with Crippen molar-refractivity contribution in [1.29, 1.82) is 0 Å². The van der Waals surface area contributed by atoms with Gasteiger partial charge in [0, 0.05) is 0 Å². The number of aryl methyl sites for hydroxylation is 4. The van der Waals surface area contributed by atoms with E-state index in [1.54, 1.807) is 0 Å². The molecule has 2 nitrogen and oxygen atoms in total. The fraction of sp³-hybridized carbons (Fsp3) is 0.509. The zero-order chi connectivity index (χ0) is 43.5. The molecule has 2 fully saturated rings. The number of benzene rings is 4. The van der Waals surface area contributed by atoms with E-state index in [1.165, 1.54) is 60.0 Å². The molecule has 4 aromatic carbocycles. The van der Waals surface area contributed by atoms with Crippen LogP contribution in [-0.2, 0) is 36.9 Å². The van der Waals surface area contributed by atoms with Crippen LogP contribution in [0.5, 0.6) is 0 Å². The summed E-state index contributed by atoms with van der Waals surface area (Å²) in [5, 5.41) is 0. The van der Waals surface area contributed by atoms with Crippen LogP contribution in [0, 0.1) is 10.8 Å². The van der Waals surface area contributed by atoms with Gasteiger partial charge < -0.3 is 0 Å². The standard InChI is InChI=1S/2C20H32N.C15H10.2ClH.Ru/c2*1-7-16-12-11-13-17(8-2)18(16)21-15-19(5,9-3)14-20(21,6)10-4;1-2-6-12(7-3-1)15-11-10-13-8-4-5-9-14(13)15;;;/h2*11-13,15H,7-10,14H2,1-6H3;1-9,11H;2*1H;/q;;;;;+2/p-2/t2*19-,20-;;;;/m10..../s1. The van der Waals surface area contributed by atoms with E-state index in [2.05, 4.69) is 190 Å². The molecule has 6 atom stereocenters. The van der Waals surface area contributed by atoms with Gasteiger partial charge in [-0.3, -0.25) is 0 Å². The Morgan fingerprint density at radius 1 is 0.500 bits per heavy atom. The van der Waals surface area contributed by atoms with Crippen molar-refractivity contribution in [3.8, 4) is 0 Å². The second-order valence-corrected chi connectivity index (χ2v) is 33.8. The molecule has 2 unspecified atom stereocenters. The number of fused-ring (bicyclic) bond motifs is 1. The van der Waals surface area contributed by atoms with Crippen LogP contribution in [0.2, 0.25) is 0 Å². The zero-order valence-electron chi connectivity index (χ0n) is 39.0. The summed E-state index contributed by atoms with van der Waals surface area (Å²) in [6.07, 6.45) is 12.4. The number of nitrogens with zero attached hydrogens (tertiary/aromatic N) is 2. The van der Waals surface area contributed by atoms with Gasteiger partial charge in [-0.2, -0.15) is 0 Å². The Labute approximate surface area is 373 Å². The van der Waals surface area contributed by atoms with Crippen molar-refractivity contribution in [2.24, 2.45) is 10.8 Å². The summed E-state index contributed by atoms with van der Waals surface area (Å²) in [6, 6.07) is 34.2. The molecule has 2 aliphatic heterocycles. The van der Waals surface area contributed by atoms with Gasteiger partial charge in [-0.15, -0.1) is 0 Å². The van der Waals surface area contributed by atoms with Gasteiger partial charge in [0.25, 0.3) is 0 Å². The summed E-state index contributed by atoms with van der Waals surface area (Å²) >= 11 is -5.37. The van der Waals surface area contributed by atoms with E-state index in [0.717, 1.165) is 64.2 Å². The molecule has 0 aromatic heterocycles. The maximum absolute atomic E-state index is 9.84. The van der Waals surface area contributed by atoms with E-state index in [1.807, 2.05) is 0 Å². The number of anilines is 2. The Hall–Kier alpha value is -2.71. The summed E-state index contributed by atoms with van der Waals surface area (Å²) in [6.45, 7) is 29.3. The van der Waals surface area contributed by atoms with Gasteiger partial charge in [0.2, 0.25) is 0 Å². The molecule has 0 amide bonds. The van der Waals surface area contributed by atoms with Gasteiger partial charge in [0.15, 0.2) is 0 Å². The third kappa shape index (κ3) is 6.67. The van der Waals surface area contributed by atoms with Crippen LogP contribution in [0.15, 0.2) is 97.1 Å². The number of rotatable bonds is 13. The first-order valence-corrected chi connectivity index (χ1v) is 30.6. The number of hydrogen-bond acceptors (Lipinski definition) is 2. The van der Waals surface area contributed by atoms with Crippen LogP contribution >= 0.6 is 19.4 Å². The van der Waals surface area contributed by atoms with Gasteiger partial charge in [-0.25, -0.2) is 0 Å². The predicted molar refractivity (Wildman–Crippen MR) is 262 cm³/mol. The normalized spacial score (nSPS) is 28.5. The molecule has 4 aromatic rings. The summed E-state index contributed by atoms with van der Waals surface area (Å²) in [4.78, 5) is 5.87. The molecule has 3 aliphatic rings. The van der Waals surface area contributed by atoms with Gasteiger partial charge >= 0.3 is 376 Å². The number of hydrogen-bond donors (Lipinski definition) is 0. The van der Waals surface area contributed by atoms with E-state index in [-0.39, 0.29) is 31.2 Å². The number of allylic oxidation sites excluding steroid dienone is 1. The van der Waals surface area contributed by atoms with Gasteiger partial charge in [-0.05, 0) is 0 Å². The molecule has 1 aliphatic carbocycles. The van der Waals surface area contributed by atoms with Crippen LogP contribution in [0.1, 0.15) is 161 Å². The third-order valence-electron chi connectivity index (χ3n) is 15.7. The fourth-order valence-electron chi connectivity index (χ4n) is 12.1. The molecule has 0 saturated carbocycles. The van der Waals surface area contributed by atoms with E-state index >= 15 is 0 Å². The molecule has 0 bridgehead atoms. The molecule has 2 heterocycles. The molecule has 0 N–H and O–H groups in total. The maximum atomic E-state index is 9.84. The van der Waals surface area contributed by atoms with E-state index in [9.17, 15) is 19.4 Å². The van der Waals surface area contributed by atoms with Crippen LogP contribution in [0.3, 0.4) is 0 Å². The molecule has 5 heteroatoms. The molecular weight excluding hydrogens is 861 g/mol. The molecular formula is C55H74Cl2N2Ru. The van der Waals surface area contributed by atoms with Crippen LogP contribution in [-0.4, -0.2) is 24.5 Å². The number of para-hydroxylation sites is 2. The second kappa shape index (κ2) is 16.4. The van der Waals surface area contributed by atoms with Gasteiger partial charge in [-0.1, -0.05) is 0 Å². The average molecular weight is 935 g/mol. The Kier molecular flexibility index (Phi) is 12.4. The number of halogens is 2. The minimum atomic E-state index is -5.37. The van der Waals surface area contributed by atoms with Gasteiger partial charge in [0.05, 0.1) is 0 Å². The minimum absolute atomic E-state index is 0.128. The summed E-state index contributed by atoms with van der Waals surface area (Å²) in [5.74, 6) is 0. The van der Waals surface area contributed by atoms with Crippen molar-refractivity contribution in [3.05, 3.63) is 136 Å². The monoisotopic (exact) mass is 934 g/mol. The first-order chi connectivity index (χ1) is 28.5. The summed E-state index contributed by atoms with van der Waals surface area (Å²) in [5.41, 5.74) is 12.6. The Balaban J connectivity index is 1.79. The Morgan fingerprint density at radius 2 is 0.883 bits per heavy atom. The summed E-state index contributed by atoms with van der Waals surface area (Å²) in [7, 11) is 19.7. The average Bonchev–Trinajstić information content (AvgIpc) is 3.88. The second-order valence-electron chi connectivity index (χ2n) is 19.3. The molecule has 0 radical (unpaired) electrons. The quantitative estimate of drug-likeness (QED) is 0.123. The van der Waals surface area contributed by atoms with Crippen molar-refractivity contribution >= 4 is 40.4 Å². The first kappa shape index (κ1) is 45.3. The van der Waals surface area contributed by atoms with Gasteiger partial charge in [0.1, 0.15) is 0 Å². The SMILES string of the molecule is CCc1cccc(CC)c1N1[CH]([Ru]([Cl])([Cl])(=[C]2C=C(c3ccccc3)c3ccccc32)[CH]2N(c3c(CC)cccc3CC)[C@](C)(CC)C[C@@]2(C)CC)[C@@](C)(CC)C[C@]1(C)CC. The van der Waals surface area contributed by atoms with Crippen LogP contribution in [0.4, 0.5) is 11.4 Å². The predicted octanol–water partition coefficient (Wildman–Crippen LogP) is 15.5. The molecule has 326 valence electrons. The van der Waals surface area contributed by atoms with Crippen molar-refractivity contribution < 1.29 is 11.2 Å². The molecule has 0 spiro atoms. The van der Waals surface area contributed by atoms with Crippen LogP contribution in [0.25, 0.3) is 5.57 Å². The zero-order valence-corrected chi connectivity index (χ0v) is 42.2. The van der Waals surface area contributed by atoms with E-state index in [0.29, 0.717) is 0 Å². The Bertz CT molecular complexity index is 2190. The summed E-state index contributed by atoms with van der Waals surface area (Å²) < 4.78 is 0.974.